The molecule has 0 saturated carbocycles. The van der Waals surface area contributed by atoms with Crippen LogP contribution in [0.3, 0.4) is 0 Å². The zero-order valence-corrected chi connectivity index (χ0v) is 9.68. The maximum absolute atomic E-state index is 12.7. The lowest BCUT2D eigenvalue weighted by atomic mass is 10.3. The van der Waals surface area contributed by atoms with Crippen molar-refractivity contribution < 1.29 is 8.60 Å². The standard InChI is InChI=1S/C10H15FN2OS/c1-13(2)5-6-15(14)10-4-3-8(11)7-9(10)12/h3-4,7H,5-6,12H2,1-2H3. The van der Waals surface area contributed by atoms with Crippen molar-refractivity contribution >= 4 is 16.5 Å². The Hall–Kier alpha value is -0.940. The molecule has 0 saturated heterocycles. The minimum absolute atomic E-state index is 0.257. The fourth-order valence-electron chi connectivity index (χ4n) is 1.10. The molecule has 5 heteroatoms. The third kappa shape index (κ3) is 3.60. The number of nitrogen functional groups attached to an aromatic ring is 1. The van der Waals surface area contributed by atoms with Gasteiger partial charge in [0, 0.05) is 12.3 Å². The molecule has 1 atom stereocenters. The van der Waals surface area contributed by atoms with Gasteiger partial charge in [-0.15, -0.1) is 0 Å². The van der Waals surface area contributed by atoms with Crippen LogP contribution in [0.4, 0.5) is 10.1 Å². The van der Waals surface area contributed by atoms with Crippen LogP contribution in [0.2, 0.25) is 0 Å². The second kappa shape index (κ2) is 5.23. The molecule has 0 amide bonds. The maximum Gasteiger partial charge on any atom is 0.125 e. The lowest BCUT2D eigenvalue weighted by Gasteiger charge is -2.10. The van der Waals surface area contributed by atoms with Crippen molar-refractivity contribution in [2.45, 2.75) is 4.90 Å². The summed E-state index contributed by atoms with van der Waals surface area (Å²) in [7, 11) is 2.66. The molecule has 0 radical (unpaired) electrons. The average molecular weight is 230 g/mol. The van der Waals surface area contributed by atoms with Gasteiger partial charge in [0.15, 0.2) is 0 Å². The second-order valence-electron chi connectivity index (χ2n) is 3.54. The third-order valence-electron chi connectivity index (χ3n) is 1.94. The molecular weight excluding hydrogens is 215 g/mol. The zero-order chi connectivity index (χ0) is 11.4. The van der Waals surface area contributed by atoms with Crippen LogP contribution in [0.25, 0.3) is 0 Å². The molecule has 1 aromatic rings. The van der Waals surface area contributed by atoms with Crippen molar-refractivity contribution in [1.29, 1.82) is 0 Å². The predicted octanol–water partition coefficient (Wildman–Crippen LogP) is 1.08. The highest BCUT2D eigenvalue weighted by Gasteiger charge is 2.08. The first-order valence-electron chi connectivity index (χ1n) is 4.59. The van der Waals surface area contributed by atoms with Crippen molar-refractivity contribution in [3.63, 3.8) is 0 Å². The first-order chi connectivity index (χ1) is 7.00. The van der Waals surface area contributed by atoms with Crippen LogP contribution in [0.1, 0.15) is 0 Å². The molecule has 0 fully saturated rings. The number of anilines is 1. The Morgan fingerprint density at radius 3 is 2.67 bits per heavy atom. The fourth-order valence-corrected chi connectivity index (χ4v) is 2.39. The van der Waals surface area contributed by atoms with Crippen LogP contribution in [0.15, 0.2) is 23.1 Å². The molecule has 15 heavy (non-hydrogen) atoms. The quantitative estimate of drug-likeness (QED) is 0.787. The van der Waals surface area contributed by atoms with Gasteiger partial charge in [-0.2, -0.15) is 0 Å². The van der Waals surface area contributed by atoms with Gasteiger partial charge in [0.25, 0.3) is 0 Å². The van der Waals surface area contributed by atoms with E-state index in [2.05, 4.69) is 0 Å². The van der Waals surface area contributed by atoms with E-state index in [9.17, 15) is 8.60 Å². The van der Waals surface area contributed by atoms with E-state index >= 15 is 0 Å². The van der Waals surface area contributed by atoms with Gasteiger partial charge in [-0.05, 0) is 32.3 Å². The summed E-state index contributed by atoms with van der Waals surface area (Å²) in [5.41, 5.74) is 5.84. The Balaban J connectivity index is 2.74. The molecule has 0 heterocycles. The van der Waals surface area contributed by atoms with E-state index in [1.54, 1.807) is 0 Å². The summed E-state index contributed by atoms with van der Waals surface area (Å²) >= 11 is 0. The van der Waals surface area contributed by atoms with Crippen molar-refractivity contribution in [1.82, 2.24) is 4.90 Å². The lowest BCUT2D eigenvalue weighted by Crippen LogP contribution is -2.19. The number of hydrogen-bond donors (Lipinski definition) is 1. The Kier molecular flexibility index (Phi) is 4.23. The maximum atomic E-state index is 12.7. The van der Waals surface area contributed by atoms with Gasteiger partial charge in [0.05, 0.1) is 21.4 Å². The van der Waals surface area contributed by atoms with Gasteiger partial charge in [0.2, 0.25) is 0 Å². The predicted molar refractivity (Wildman–Crippen MR) is 60.6 cm³/mol. The molecule has 0 bridgehead atoms. The van der Waals surface area contributed by atoms with Crippen molar-refractivity contribution in [3.8, 4) is 0 Å². The van der Waals surface area contributed by atoms with Gasteiger partial charge >= 0.3 is 0 Å². The van der Waals surface area contributed by atoms with Crippen molar-refractivity contribution in [2.75, 3.05) is 32.1 Å². The highest BCUT2D eigenvalue weighted by molar-refractivity contribution is 7.85. The number of halogens is 1. The van der Waals surface area contributed by atoms with Crippen LogP contribution in [-0.2, 0) is 10.8 Å². The summed E-state index contributed by atoms with van der Waals surface area (Å²) < 4.78 is 24.5. The van der Waals surface area contributed by atoms with E-state index in [0.717, 1.165) is 0 Å². The smallest absolute Gasteiger partial charge is 0.125 e. The number of nitrogens with zero attached hydrogens (tertiary/aromatic N) is 1. The third-order valence-corrected chi connectivity index (χ3v) is 3.36. The van der Waals surface area contributed by atoms with E-state index in [0.29, 0.717) is 17.2 Å². The van der Waals surface area contributed by atoms with Gasteiger partial charge in [-0.25, -0.2) is 4.39 Å². The summed E-state index contributed by atoms with van der Waals surface area (Å²) in [6.45, 7) is 0.712. The summed E-state index contributed by atoms with van der Waals surface area (Å²) in [6, 6.07) is 3.96. The van der Waals surface area contributed by atoms with Crippen LogP contribution >= 0.6 is 0 Å². The minimum atomic E-state index is -1.16. The van der Waals surface area contributed by atoms with Crippen molar-refractivity contribution in [2.24, 2.45) is 0 Å². The van der Waals surface area contributed by atoms with Gasteiger partial charge in [0.1, 0.15) is 5.82 Å². The average Bonchev–Trinajstić information content (AvgIpc) is 2.14. The number of hydrogen-bond acceptors (Lipinski definition) is 3. The highest BCUT2D eigenvalue weighted by atomic mass is 32.2. The van der Waals surface area contributed by atoms with Gasteiger partial charge in [-0.1, -0.05) is 0 Å². The Morgan fingerprint density at radius 2 is 2.13 bits per heavy atom. The number of benzene rings is 1. The first-order valence-corrected chi connectivity index (χ1v) is 5.90. The van der Waals surface area contributed by atoms with E-state index in [-0.39, 0.29) is 5.69 Å². The summed E-state index contributed by atoms with van der Waals surface area (Å²) in [5, 5.41) is 0. The topological polar surface area (TPSA) is 46.3 Å². The molecule has 0 aromatic heterocycles. The number of nitrogens with two attached hydrogens (primary N) is 1. The molecule has 84 valence electrons. The molecule has 0 aliphatic carbocycles. The van der Waals surface area contributed by atoms with E-state index < -0.39 is 16.6 Å². The Morgan fingerprint density at radius 1 is 1.47 bits per heavy atom. The molecule has 3 nitrogen and oxygen atoms in total. The SMILES string of the molecule is CN(C)CCS(=O)c1ccc(F)cc1N. The van der Waals surface area contributed by atoms with Gasteiger partial charge in [-0.3, -0.25) is 4.21 Å². The molecule has 1 unspecified atom stereocenters. The van der Waals surface area contributed by atoms with Gasteiger partial charge < -0.3 is 10.6 Å². The normalized spacial score (nSPS) is 13.1. The molecule has 0 aliphatic heterocycles. The Labute approximate surface area is 91.5 Å². The molecule has 2 N–H and O–H groups in total. The molecule has 1 rings (SSSR count). The van der Waals surface area contributed by atoms with Crippen LogP contribution in [-0.4, -0.2) is 35.5 Å². The van der Waals surface area contributed by atoms with Crippen LogP contribution in [0, 0.1) is 5.82 Å². The van der Waals surface area contributed by atoms with E-state index in [1.807, 2.05) is 19.0 Å². The largest absolute Gasteiger partial charge is 0.398 e. The van der Waals surface area contributed by atoms with E-state index in [4.69, 9.17) is 5.73 Å². The fraction of sp³-hybridized carbons (Fsp3) is 0.400. The summed E-state index contributed by atoms with van der Waals surface area (Å²) in [5.74, 6) is 0.101. The second-order valence-corrected chi connectivity index (χ2v) is 5.07. The molecule has 0 aliphatic rings. The zero-order valence-electron chi connectivity index (χ0n) is 8.87. The molecular formula is C10H15FN2OS. The number of rotatable bonds is 4. The lowest BCUT2D eigenvalue weighted by molar-refractivity contribution is 0.435. The minimum Gasteiger partial charge on any atom is -0.398 e. The monoisotopic (exact) mass is 230 g/mol. The summed E-state index contributed by atoms with van der Waals surface area (Å²) in [6.07, 6.45) is 0. The van der Waals surface area contributed by atoms with Crippen LogP contribution < -0.4 is 5.73 Å². The molecule has 1 aromatic carbocycles. The first kappa shape index (κ1) is 12.1. The highest BCUT2D eigenvalue weighted by Crippen LogP contribution is 2.17. The summed E-state index contributed by atoms with van der Waals surface area (Å²) in [4.78, 5) is 2.45. The van der Waals surface area contributed by atoms with Crippen LogP contribution in [0.5, 0.6) is 0 Å². The molecule has 0 spiro atoms. The van der Waals surface area contributed by atoms with E-state index in [1.165, 1.54) is 18.2 Å². The van der Waals surface area contributed by atoms with Crippen molar-refractivity contribution in [3.05, 3.63) is 24.0 Å². The Bertz CT molecular complexity index is 368.